The van der Waals surface area contributed by atoms with E-state index in [0.29, 0.717) is 25.5 Å². The molecule has 1 aliphatic heterocycles. The first-order valence-corrected chi connectivity index (χ1v) is 14.9. The highest BCUT2D eigenvalue weighted by Crippen LogP contribution is 2.40. The molecule has 0 unspecified atom stereocenters. The molecule has 3 rings (SSSR count). The first-order chi connectivity index (χ1) is 19.0. The maximum absolute atomic E-state index is 14.3. The lowest BCUT2D eigenvalue weighted by atomic mass is 9.99. The number of nitrogens with zero attached hydrogens (tertiary/aromatic N) is 3. The lowest BCUT2D eigenvalue weighted by Crippen LogP contribution is -2.48. The summed E-state index contributed by atoms with van der Waals surface area (Å²) < 4.78 is 73.8. The highest BCUT2D eigenvalue weighted by atomic mass is 35.5. The molecule has 1 N–H and O–H groups in total. The summed E-state index contributed by atoms with van der Waals surface area (Å²) in [6.45, 7) is 1.83. The van der Waals surface area contributed by atoms with Gasteiger partial charge in [0.1, 0.15) is 10.6 Å². The van der Waals surface area contributed by atoms with Gasteiger partial charge in [-0.05, 0) is 43.1 Å². The Labute approximate surface area is 246 Å². The van der Waals surface area contributed by atoms with Crippen molar-refractivity contribution in [1.82, 2.24) is 9.80 Å². The maximum atomic E-state index is 14.3. The van der Waals surface area contributed by atoms with Crippen LogP contribution < -0.4 is 9.64 Å². The van der Waals surface area contributed by atoms with Crippen LogP contribution in [0.3, 0.4) is 0 Å². The number of sulfone groups is 1. The van der Waals surface area contributed by atoms with E-state index in [4.69, 9.17) is 27.9 Å². The average Bonchev–Trinajstić information content (AvgIpc) is 2.91. The predicted molar refractivity (Wildman–Crippen MR) is 149 cm³/mol. The molecule has 0 saturated carbocycles. The molecule has 1 fully saturated rings. The van der Waals surface area contributed by atoms with Gasteiger partial charge in [-0.2, -0.15) is 13.2 Å². The lowest BCUT2D eigenvalue weighted by Gasteiger charge is -2.37. The van der Waals surface area contributed by atoms with Crippen LogP contribution in [0.2, 0.25) is 10.0 Å². The average molecular weight is 641 g/mol. The molecule has 0 aromatic heterocycles. The molecule has 2 amide bonds. The monoisotopic (exact) mass is 639 g/mol. The van der Waals surface area contributed by atoms with Crippen LogP contribution in [0.25, 0.3) is 0 Å². The third kappa shape index (κ3) is 7.19. The van der Waals surface area contributed by atoms with Crippen molar-refractivity contribution in [1.29, 1.82) is 0 Å². The fraction of sp³-hybridized carbons (Fsp3) is 0.462. The fourth-order valence-electron chi connectivity index (χ4n) is 4.76. The number of benzene rings is 2. The molecule has 15 heteroatoms. The number of anilines is 1. The van der Waals surface area contributed by atoms with Gasteiger partial charge in [0.2, 0.25) is 0 Å². The number of methoxy groups -OCH3 is 1. The SMILES string of the molecule is CCS(=O)(=O)c1c(OC)cc(Cl)cc1N(C)C(=O)c1cc(Cl)c(CN2CCC[C@H](N(C)C(=O)O)C2)c(C(F)(F)F)c1. The van der Waals surface area contributed by atoms with Crippen molar-refractivity contribution in [2.24, 2.45) is 0 Å². The van der Waals surface area contributed by atoms with Gasteiger partial charge in [0.15, 0.2) is 9.84 Å². The molecule has 0 aliphatic carbocycles. The summed E-state index contributed by atoms with van der Waals surface area (Å²) in [5, 5.41) is 9.02. The van der Waals surface area contributed by atoms with Crippen LogP contribution in [0.5, 0.6) is 5.75 Å². The summed E-state index contributed by atoms with van der Waals surface area (Å²) in [4.78, 5) is 28.2. The van der Waals surface area contributed by atoms with Crippen LogP contribution in [0, 0.1) is 0 Å². The summed E-state index contributed by atoms with van der Waals surface area (Å²) >= 11 is 12.5. The van der Waals surface area contributed by atoms with Gasteiger partial charge in [-0.1, -0.05) is 30.1 Å². The van der Waals surface area contributed by atoms with E-state index in [-0.39, 0.29) is 50.8 Å². The van der Waals surface area contributed by atoms with Crippen LogP contribution in [0.1, 0.15) is 41.3 Å². The molecule has 1 heterocycles. The zero-order chi connectivity index (χ0) is 30.9. The van der Waals surface area contributed by atoms with Gasteiger partial charge in [0.25, 0.3) is 5.91 Å². The molecular weight excluding hydrogens is 610 g/mol. The third-order valence-corrected chi connectivity index (χ3v) is 9.38. The van der Waals surface area contributed by atoms with Gasteiger partial charge < -0.3 is 19.6 Å². The van der Waals surface area contributed by atoms with Crippen molar-refractivity contribution in [2.75, 3.05) is 44.9 Å². The molecule has 0 bridgehead atoms. The molecule has 2 aromatic rings. The van der Waals surface area contributed by atoms with Gasteiger partial charge >= 0.3 is 12.3 Å². The number of alkyl halides is 3. The van der Waals surface area contributed by atoms with Gasteiger partial charge in [-0.25, -0.2) is 13.2 Å². The number of amides is 2. The number of carbonyl (C=O) groups is 2. The molecule has 0 radical (unpaired) electrons. The Kier molecular flexibility index (Phi) is 10.1. The fourth-order valence-corrected chi connectivity index (χ4v) is 6.49. The van der Waals surface area contributed by atoms with E-state index in [2.05, 4.69) is 0 Å². The number of piperidine rings is 1. The second-order valence-corrected chi connectivity index (χ2v) is 12.7. The van der Waals surface area contributed by atoms with Crippen LogP contribution >= 0.6 is 23.2 Å². The predicted octanol–water partition coefficient (Wildman–Crippen LogP) is 5.67. The molecule has 1 atom stereocenters. The summed E-state index contributed by atoms with van der Waals surface area (Å²) in [5.74, 6) is -1.41. The number of hydrogen-bond donors (Lipinski definition) is 1. The topological polar surface area (TPSA) is 107 Å². The minimum atomic E-state index is -4.88. The highest BCUT2D eigenvalue weighted by Gasteiger charge is 2.37. The Morgan fingerprint density at radius 2 is 1.83 bits per heavy atom. The molecule has 1 saturated heterocycles. The first-order valence-electron chi connectivity index (χ1n) is 12.5. The van der Waals surface area contributed by atoms with Gasteiger partial charge in [-0.3, -0.25) is 9.69 Å². The first kappa shape index (κ1) is 32.8. The molecule has 0 spiro atoms. The van der Waals surface area contributed by atoms with E-state index < -0.39 is 45.2 Å². The number of rotatable bonds is 8. The van der Waals surface area contributed by atoms with Gasteiger partial charge in [0, 0.05) is 54.9 Å². The summed E-state index contributed by atoms with van der Waals surface area (Å²) in [6, 6.07) is 3.86. The zero-order valence-electron chi connectivity index (χ0n) is 22.8. The van der Waals surface area contributed by atoms with Crippen LogP contribution in [-0.4, -0.2) is 81.4 Å². The van der Waals surface area contributed by atoms with E-state index >= 15 is 0 Å². The van der Waals surface area contributed by atoms with E-state index in [1.165, 1.54) is 40.3 Å². The second-order valence-electron chi connectivity index (χ2n) is 9.63. The highest BCUT2D eigenvalue weighted by molar-refractivity contribution is 7.91. The van der Waals surface area contributed by atoms with Gasteiger partial charge in [-0.15, -0.1) is 0 Å². The van der Waals surface area contributed by atoms with Crippen LogP contribution in [0.15, 0.2) is 29.2 Å². The largest absolute Gasteiger partial charge is 0.495 e. The van der Waals surface area contributed by atoms with Crippen molar-refractivity contribution in [3.05, 3.63) is 51.0 Å². The minimum absolute atomic E-state index is 0.0456. The number of likely N-dealkylation sites (tertiary alicyclic amines) is 1. The Hall–Kier alpha value is -2.74. The molecule has 9 nitrogen and oxygen atoms in total. The number of carboxylic acid groups (broad SMARTS) is 1. The molecule has 226 valence electrons. The van der Waals surface area contributed by atoms with Crippen LogP contribution in [0.4, 0.5) is 23.7 Å². The second kappa shape index (κ2) is 12.6. The molecule has 1 aliphatic rings. The molecule has 41 heavy (non-hydrogen) atoms. The van der Waals surface area contributed by atoms with E-state index in [0.717, 1.165) is 15.9 Å². The van der Waals surface area contributed by atoms with Crippen LogP contribution in [-0.2, 0) is 22.6 Å². The van der Waals surface area contributed by atoms with Gasteiger partial charge in [0.05, 0.1) is 24.1 Å². The quantitative estimate of drug-likeness (QED) is 0.397. The Balaban J connectivity index is 2.04. The van der Waals surface area contributed by atoms with E-state index in [9.17, 15) is 36.3 Å². The Morgan fingerprint density at radius 3 is 2.39 bits per heavy atom. The van der Waals surface area contributed by atoms with E-state index in [1.807, 2.05) is 0 Å². The number of halogens is 5. The van der Waals surface area contributed by atoms with Crippen molar-refractivity contribution in [3.63, 3.8) is 0 Å². The van der Waals surface area contributed by atoms with Crippen molar-refractivity contribution in [3.8, 4) is 5.75 Å². The van der Waals surface area contributed by atoms with Crippen molar-refractivity contribution < 1.29 is 41.0 Å². The summed E-state index contributed by atoms with van der Waals surface area (Å²) in [5.41, 5.74) is -1.97. The minimum Gasteiger partial charge on any atom is -0.495 e. The van der Waals surface area contributed by atoms with Crippen molar-refractivity contribution in [2.45, 2.75) is 43.4 Å². The number of likely N-dealkylation sites (N-methyl/N-ethyl adjacent to an activating group) is 1. The third-order valence-electron chi connectivity index (χ3n) is 7.04. The standard InChI is InChI=1S/C26H30Cl2F3N3O6S/c1-5-41(38,39)23-21(11-16(27)12-22(23)40-4)33(3)24(35)15-9-19(26(29,30)31)18(20(28)10-15)14-34-8-6-7-17(13-34)32(2)25(36)37/h9-12,17H,5-8,13-14H2,1-4H3,(H,36,37)/t17-/m0/s1. The number of carbonyl (C=O) groups excluding carboxylic acids is 1. The number of hydrogen-bond acceptors (Lipinski definition) is 6. The Morgan fingerprint density at radius 1 is 1.17 bits per heavy atom. The zero-order valence-corrected chi connectivity index (χ0v) is 25.1. The summed E-state index contributed by atoms with van der Waals surface area (Å²) in [7, 11) is -0.108. The molecule has 2 aromatic carbocycles. The summed E-state index contributed by atoms with van der Waals surface area (Å²) in [6.07, 6.45) is -4.86. The maximum Gasteiger partial charge on any atom is 0.416 e. The lowest BCUT2D eigenvalue weighted by molar-refractivity contribution is -0.138. The van der Waals surface area contributed by atoms with E-state index in [1.54, 1.807) is 4.90 Å². The molecular formula is C26H30Cl2F3N3O6S. The Bertz CT molecular complexity index is 1440. The van der Waals surface area contributed by atoms with Crippen molar-refractivity contribution >= 4 is 50.7 Å². The number of ether oxygens (including phenoxy) is 1. The normalized spacial score (nSPS) is 16.4. The smallest absolute Gasteiger partial charge is 0.416 e.